The molecule has 1 heterocycles. The Labute approximate surface area is 124 Å². The highest BCUT2D eigenvalue weighted by atomic mass is 32.2. The van der Waals surface area contributed by atoms with E-state index >= 15 is 0 Å². The summed E-state index contributed by atoms with van der Waals surface area (Å²) < 4.78 is 0. The van der Waals surface area contributed by atoms with Crippen molar-refractivity contribution in [1.29, 1.82) is 0 Å². The second-order valence-electron chi connectivity index (χ2n) is 5.75. The van der Waals surface area contributed by atoms with Crippen LogP contribution in [0.5, 0.6) is 0 Å². The maximum absolute atomic E-state index is 12.3. The van der Waals surface area contributed by atoms with Crippen LogP contribution in [0.1, 0.15) is 31.7 Å². The van der Waals surface area contributed by atoms with Crippen LogP contribution in [-0.2, 0) is 4.79 Å². The SMILES string of the molecule is CC1CCC(NC(=O)C2CSC(c3ccccc3)=N2)C1. The summed E-state index contributed by atoms with van der Waals surface area (Å²) in [5, 5.41) is 4.16. The first-order valence-electron chi connectivity index (χ1n) is 7.29. The molecule has 2 aliphatic rings. The fourth-order valence-corrected chi connectivity index (χ4v) is 3.93. The van der Waals surface area contributed by atoms with Gasteiger partial charge in [-0.1, -0.05) is 37.3 Å². The molecule has 3 unspecified atom stereocenters. The summed E-state index contributed by atoms with van der Waals surface area (Å²) >= 11 is 1.68. The fourth-order valence-electron chi connectivity index (χ4n) is 2.88. The van der Waals surface area contributed by atoms with Gasteiger partial charge in [-0.05, 0) is 25.2 Å². The second-order valence-corrected chi connectivity index (χ2v) is 6.76. The van der Waals surface area contributed by atoms with E-state index in [1.165, 1.54) is 6.42 Å². The average molecular weight is 288 g/mol. The van der Waals surface area contributed by atoms with Crippen LogP contribution in [0.3, 0.4) is 0 Å². The quantitative estimate of drug-likeness (QED) is 0.929. The molecule has 20 heavy (non-hydrogen) atoms. The van der Waals surface area contributed by atoms with Crippen molar-refractivity contribution in [1.82, 2.24) is 5.32 Å². The Kier molecular flexibility index (Phi) is 4.10. The molecule has 4 heteroatoms. The maximum atomic E-state index is 12.3. The molecular weight excluding hydrogens is 268 g/mol. The van der Waals surface area contributed by atoms with Crippen molar-refractivity contribution >= 4 is 22.7 Å². The predicted octanol–water partition coefficient (Wildman–Crippen LogP) is 2.85. The van der Waals surface area contributed by atoms with Gasteiger partial charge in [-0.2, -0.15) is 0 Å². The lowest BCUT2D eigenvalue weighted by molar-refractivity contribution is -0.122. The molecule has 0 saturated heterocycles. The maximum Gasteiger partial charge on any atom is 0.245 e. The number of hydrogen-bond acceptors (Lipinski definition) is 3. The number of nitrogens with zero attached hydrogens (tertiary/aromatic N) is 1. The molecule has 0 bridgehead atoms. The molecule has 0 spiro atoms. The summed E-state index contributed by atoms with van der Waals surface area (Å²) in [6.45, 7) is 2.25. The molecule has 1 amide bonds. The first kappa shape index (κ1) is 13.7. The molecule has 1 aromatic rings. The highest BCUT2D eigenvalue weighted by Crippen LogP contribution is 2.26. The first-order valence-corrected chi connectivity index (χ1v) is 8.27. The molecule has 1 saturated carbocycles. The average Bonchev–Trinajstić information content (AvgIpc) is 3.09. The number of nitrogens with one attached hydrogen (secondary N) is 1. The van der Waals surface area contributed by atoms with Crippen LogP contribution in [0.25, 0.3) is 0 Å². The van der Waals surface area contributed by atoms with Crippen LogP contribution in [0.2, 0.25) is 0 Å². The van der Waals surface area contributed by atoms with Gasteiger partial charge in [0.05, 0.1) is 5.04 Å². The predicted molar refractivity (Wildman–Crippen MR) is 84.2 cm³/mol. The van der Waals surface area contributed by atoms with Crippen molar-refractivity contribution in [3.63, 3.8) is 0 Å². The van der Waals surface area contributed by atoms with E-state index < -0.39 is 0 Å². The van der Waals surface area contributed by atoms with Gasteiger partial charge in [-0.25, -0.2) is 0 Å². The zero-order valence-corrected chi connectivity index (χ0v) is 12.5. The third-order valence-corrected chi connectivity index (χ3v) is 5.11. The highest BCUT2D eigenvalue weighted by Gasteiger charge is 2.29. The first-order chi connectivity index (χ1) is 9.72. The van der Waals surface area contributed by atoms with Crippen LogP contribution in [0.15, 0.2) is 35.3 Å². The summed E-state index contributed by atoms with van der Waals surface area (Å²) in [6.07, 6.45) is 3.45. The number of carbonyl (C=O) groups excluding carboxylic acids is 1. The normalized spacial score (nSPS) is 29.2. The molecule has 106 valence electrons. The lowest BCUT2D eigenvalue weighted by Crippen LogP contribution is -2.39. The zero-order valence-electron chi connectivity index (χ0n) is 11.7. The molecule has 3 atom stereocenters. The molecule has 1 fully saturated rings. The number of hydrogen-bond donors (Lipinski definition) is 1. The largest absolute Gasteiger partial charge is 0.351 e. The van der Waals surface area contributed by atoms with Crippen molar-refractivity contribution in [3.05, 3.63) is 35.9 Å². The topological polar surface area (TPSA) is 41.5 Å². The number of benzene rings is 1. The van der Waals surface area contributed by atoms with Gasteiger partial charge >= 0.3 is 0 Å². The van der Waals surface area contributed by atoms with E-state index in [1.54, 1.807) is 11.8 Å². The molecule has 0 radical (unpaired) electrons. The van der Waals surface area contributed by atoms with E-state index in [4.69, 9.17) is 0 Å². The van der Waals surface area contributed by atoms with Crippen molar-refractivity contribution in [2.75, 3.05) is 5.75 Å². The highest BCUT2D eigenvalue weighted by molar-refractivity contribution is 8.14. The molecule has 1 aromatic carbocycles. The van der Waals surface area contributed by atoms with E-state index in [0.29, 0.717) is 6.04 Å². The number of amides is 1. The van der Waals surface area contributed by atoms with Crippen LogP contribution in [0.4, 0.5) is 0 Å². The van der Waals surface area contributed by atoms with Crippen molar-refractivity contribution in [3.8, 4) is 0 Å². The van der Waals surface area contributed by atoms with Crippen LogP contribution < -0.4 is 5.32 Å². The Bertz CT molecular complexity index is 514. The molecule has 1 N–H and O–H groups in total. The Hall–Kier alpha value is -1.29. The minimum Gasteiger partial charge on any atom is -0.351 e. The monoisotopic (exact) mass is 288 g/mol. The van der Waals surface area contributed by atoms with E-state index in [0.717, 1.165) is 35.1 Å². The van der Waals surface area contributed by atoms with E-state index in [2.05, 4.69) is 17.2 Å². The summed E-state index contributed by atoms with van der Waals surface area (Å²) in [4.78, 5) is 16.8. The Morgan fingerprint density at radius 1 is 1.30 bits per heavy atom. The molecule has 1 aliphatic carbocycles. The molecule has 3 nitrogen and oxygen atoms in total. The zero-order chi connectivity index (χ0) is 13.9. The number of aliphatic imine (C=N–C) groups is 1. The van der Waals surface area contributed by atoms with Gasteiger partial charge in [-0.15, -0.1) is 11.8 Å². The van der Waals surface area contributed by atoms with Crippen LogP contribution in [-0.4, -0.2) is 28.8 Å². The fraction of sp³-hybridized carbons (Fsp3) is 0.500. The van der Waals surface area contributed by atoms with Gasteiger partial charge in [0.2, 0.25) is 5.91 Å². The van der Waals surface area contributed by atoms with Crippen molar-refractivity contribution in [2.45, 2.75) is 38.3 Å². The third kappa shape index (κ3) is 3.06. The van der Waals surface area contributed by atoms with Gasteiger partial charge in [0.15, 0.2) is 0 Å². The summed E-state index contributed by atoms with van der Waals surface area (Å²) in [5.74, 6) is 1.60. The van der Waals surface area contributed by atoms with Gasteiger partial charge in [0.1, 0.15) is 6.04 Å². The van der Waals surface area contributed by atoms with Gasteiger partial charge in [0, 0.05) is 17.4 Å². The molecule has 0 aromatic heterocycles. The van der Waals surface area contributed by atoms with Crippen LogP contribution in [0, 0.1) is 5.92 Å². The van der Waals surface area contributed by atoms with Crippen molar-refractivity contribution in [2.24, 2.45) is 10.9 Å². The van der Waals surface area contributed by atoms with E-state index in [9.17, 15) is 4.79 Å². The molecule has 1 aliphatic heterocycles. The van der Waals surface area contributed by atoms with Gasteiger partial charge < -0.3 is 5.32 Å². The third-order valence-electron chi connectivity index (χ3n) is 4.02. The Morgan fingerprint density at radius 2 is 2.10 bits per heavy atom. The van der Waals surface area contributed by atoms with Crippen molar-refractivity contribution < 1.29 is 4.79 Å². The Balaban J connectivity index is 1.61. The van der Waals surface area contributed by atoms with E-state index in [1.807, 2.05) is 30.3 Å². The molecular formula is C16H20N2OS. The second kappa shape index (κ2) is 6.00. The summed E-state index contributed by atoms with van der Waals surface area (Å²) in [7, 11) is 0. The lowest BCUT2D eigenvalue weighted by atomic mass is 10.1. The minimum absolute atomic E-state index is 0.0996. The van der Waals surface area contributed by atoms with Gasteiger partial charge in [-0.3, -0.25) is 9.79 Å². The number of rotatable bonds is 3. The van der Waals surface area contributed by atoms with E-state index in [-0.39, 0.29) is 11.9 Å². The lowest BCUT2D eigenvalue weighted by Gasteiger charge is -2.14. The standard InChI is InChI=1S/C16H20N2OS/c1-11-7-8-13(9-11)17-15(19)14-10-20-16(18-14)12-5-3-2-4-6-12/h2-6,11,13-14H,7-10H2,1H3,(H,17,19). The minimum atomic E-state index is -0.217. The smallest absolute Gasteiger partial charge is 0.245 e. The summed E-state index contributed by atoms with van der Waals surface area (Å²) in [5.41, 5.74) is 1.11. The van der Waals surface area contributed by atoms with Crippen LogP contribution >= 0.6 is 11.8 Å². The molecule has 3 rings (SSSR count). The number of thioether (sulfide) groups is 1. The summed E-state index contributed by atoms with van der Waals surface area (Å²) in [6, 6.07) is 10.2. The van der Waals surface area contributed by atoms with Gasteiger partial charge in [0.25, 0.3) is 0 Å². The number of carbonyl (C=O) groups is 1. The Morgan fingerprint density at radius 3 is 2.80 bits per heavy atom.